The summed E-state index contributed by atoms with van der Waals surface area (Å²) in [5, 5.41) is 18.7. The quantitative estimate of drug-likeness (QED) is 0.602. The van der Waals surface area contributed by atoms with Crippen LogP contribution >= 0.6 is 0 Å². The molecular weight excluding hydrogens is 325 g/mol. The van der Waals surface area contributed by atoms with Crippen molar-refractivity contribution in [3.63, 3.8) is 0 Å². The lowest BCUT2D eigenvalue weighted by atomic mass is 10.1. The van der Waals surface area contributed by atoms with E-state index in [-0.39, 0.29) is 30.6 Å². The molecule has 0 saturated heterocycles. The second kappa shape index (κ2) is 7.48. The number of benzene rings is 2. The number of phenolic OH excluding ortho intramolecular Hbond substituents is 1. The van der Waals surface area contributed by atoms with E-state index in [9.17, 15) is 14.3 Å². The number of H-pyrrole nitrogens is 1. The second-order valence-electron chi connectivity index (χ2n) is 5.25. The average molecular weight is 341 g/mol. The number of phenols is 1. The number of para-hydroxylation sites is 1. The monoisotopic (exact) mass is 341 g/mol. The van der Waals surface area contributed by atoms with Gasteiger partial charge in [-0.25, -0.2) is 4.39 Å². The van der Waals surface area contributed by atoms with E-state index in [2.05, 4.69) is 15.5 Å². The van der Waals surface area contributed by atoms with Gasteiger partial charge in [0.25, 0.3) is 5.91 Å². The fourth-order valence-corrected chi connectivity index (χ4v) is 2.20. The summed E-state index contributed by atoms with van der Waals surface area (Å²) in [7, 11) is 0. The SMILES string of the molecule is O=C(NCCOc1ccccc1F)c1cc(-c2ccc(O)cc2)n[nH]1. The van der Waals surface area contributed by atoms with Gasteiger partial charge >= 0.3 is 0 Å². The van der Waals surface area contributed by atoms with E-state index in [4.69, 9.17) is 4.74 Å². The lowest BCUT2D eigenvalue weighted by Crippen LogP contribution is -2.28. The molecule has 6 nitrogen and oxygen atoms in total. The Morgan fingerprint density at radius 3 is 2.72 bits per heavy atom. The van der Waals surface area contributed by atoms with Gasteiger partial charge in [0.1, 0.15) is 18.1 Å². The Labute approximate surface area is 143 Å². The Morgan fingerprint density at radius 1 is 1.20 bits per heavy atom. The summed E-state index contributed by atoms with van der Waals surface area (Å²) in [5.41, 5.74) is 1.66. The topological polar surface area (TPSA) is 87.2 Å². The standard InChI is InChI=1S/C18H16FN3O3/c19-14-3-1-2-4-17(14)25-10-9-20-18(24)16-11-15(21-22-16)12-5-7-13(23)8-6-12/h1-8,11,23H,9-10H2,(H,20,24)(H,21,22). The minimum absolute atomic E-state index is 0.144. The number of nitrogens with one attached hydrogen (secondary N) is 2. The van der Waals surface area contributed by atoms with Gasteiger partial charge in [-0.05, 0) is 42.5 Å². The van der Waals surface area contributed by atoms with Gasteiger partial charge < -0.3 is 15.2 Å². The van der Waals surface area contributed by atoms with Gasteiger partial charge in [-0.3, -0.25) is 9.89 Å². The molecule has 3 aromatic rings. The highest BCUT2D eigenvalue weighted by molar-refractivity contribution is 5.93. The smallest absolute Gasteiger partial charge is 0.269 e. The molecule has 0 aliphatic carbocycles. The summed E-state index contributed by atoms with van der Waals surface area (Å²) >= 11 is 0. The molecule has 3 rings (SSSR count). The first kappa shape index (κ1) is 16.5. The zero-order valence-corrected chi connectivity index (χ0v) is 13.2. The molecule has 0 atom stereocenters. The molecule has 0 unspecified atom stereocenters. The highest BCUT2D eigenvalue weighted by Crippen LogP contribution is 2.20. The molecule has 1 amide bonds. The molecule has 0 radical (unpaired) electrons. The predicted molar refractivity (Wildman–Crippen MR) is 89.9 cm³/mol. The highest BCUT2D eigenvalue weighted by atomic mass is 19.1. The van der Waals surface area contributed by atoms with Crippen molar-refractivity contribution in [2.75, 3.05) is 13.2 Å². The van der Waals surface area contributed by atoms with Crippen molar-refractivity contribution in [3.05, 3.63) is 66.1 Å². The third-order valence-electron chi connectivity index (χ3n) is 3.47. The Balaban J connectivity index is 1.52. The molecule has 0 aliphatic rings. The fraction of sp³-hybridized carbons (Fsp3) is 0.111. The minimum Gasteiger partial charge on any atom is -0.508 e. The Bertz CT molecular complexity index is 862. The van der Waals surface area contributed by atoms with E-state index < -0.39 is 5.82 Å². The summed E-state index contributed by atoms with van der Waals surface area (Å²) in [6.07, 6.45) is 0. The van der Waals surface area contributed by atoms with Crippen molar-refractivity contribution in [3.8, 4) is 22.8 Å². The molecule has 0 fully saturated rings. The first-order valence-electron chi connectivity index (χ1n) is 7.64. The maximum atomic E-state index is 13.4. The van der Waals surface area contributed by atoms with Crippen molar-refractivity contribution in [2.45, 2.75) is 0 Å². The molecule has 1 aromatic heterocycles. The van der Waals surface area contributed by atoms with Crippen LogP contribution in [-0.4, -0.2) is 34.4 Å². The highest BCUT2D eigenvalue weighted by Gasteiger charge is 2.11. The molecule has 7 heteroatoms. The number of nitrogens with zero attached hydrogens (tertiary/aromatic N) is 1. The van der Waals surface area contributed by atoms with Crippen LogP contribution in [-0.2, 0) is 0 Å². The number of rotatable bonds is 6. The van der Waals surface area contributed by atoms with Gasteiger partial charge in [0.05, 0.1) is 12.2 Å². The van der Waals surface area contributed by atoms with E-state index in [0.29, 0.717) is 11.4 Å². The van der Waals surface area contributed by atoms with Crippen molar-refractivity contribution in [2.24, 2.45) is 0 Å². The molecule has 25 heavy (non-hydrogen) atoms. The normalized spacial score (nSPS) is 10.4. The third kappa shape index (κ3) is 4.14. The van der Waals surface area contributed by atoms with E-state index in [1.807, 2.05) is 0 Å². The number of carbonyl (C=O) groups is 1. The zero-order valence-electron chi connectivity index (χ0n) is 13.2. The molecule has 0 aliphatic heterocycles. The van der Waals surface area contributed by atoms with Gasteiger partial charge in [-0.15, -0.1) is 0 Å². The second-order valence-corrected chi connectivity index (χ2v) is 5.25. The lowest BCUT2D eigenvalue weighted by molar-refractivity contribution is 0.0941. The third-order valence-corrected chi connectivity index (χ3v) is 3.47. The number of hydrogen-bond donors (Lipinski definition) is 3. The van der Waals surface area contributed by atoms with E-state index in [0.717, 1.165) is 5.56 Å². The molecule has 0 saturated carbocycles. The van der Waals surface area contributed by atoms with Gasteiger partial charge in [-0.2, -0.15) is 5.10 Å². The first-order chi connectivity index (χ1) is 12.1. The predicted octanol–water partition coefficient (Wildman–Crippen LogP) is 2.73. The van der Waals surface area contributed by atoms with Crippen LogP contribution in [0.1, 0.15) is 10.5 Å². The molecule has 128 valence electrons. The largest absolute Gasteiger partial charge is 0.508 e. The number of hydrogen-bond acceptors (Lipinski definition) is 4. The van der Waals surface area contributed by atoms with Crippen molar-refractivity contribution < 1.29 is 19.0 Å². The molecular formula is C18H16FN3O3. The number of ether oxygens (including phenoxy) is 1. The number of amides is 1. The molecule has 3 N–H and O–H groups in total. The Kier molecular flexibility index (Phi) is 4.94. The zero-order chi connectivity index (χ0) is 17.6. The van der Waals surface area contributed by atoms with Crippen LogP contribution in [0, 0.1) is 5.82 Å². The summed E-state index contributed by atoms with van der Waals surface area (Å²) in [6, 6.07) is 14.2. The number of aromatic nitrogens is 2. The van der Waals surface area contributed by atoms with E-state index >= 15 is 0 Å². The number of carbonyl (C=O) groups excluding carboxylic acids is 1. The van der Waals surface area contributed by atoms with Crippen molar-refractivity contribution in [1.29, 1.82) is 0 Å². The fourth-order valence-electron chi connectivity index (χ4n) is 2.20. The van der Waals surface area contributed by atoms with Crippen LogP contribution in [0.15, 0.2) is 54.6 Å². The van der Waals surface area contributed by atoms with Crippen molar-refractivity contribution in [1.82, 2.24) is 15.5 Å². The van der Waals surface area contributed by atoms with Crippen LogP contribution in [0.5, 0.6) is 11.5 Å². The number of aromatic hydroxyl groups is 1. The summed E-state index contributed by atoms with van der Waals surface area (Å²) in [6.45, 7) is 0.367. The average Bonchev–Trinajstić information content (AvgIpc) is 3.11. The van der Waals surface area contributed by atoms with Gasteiger partial charge in [-0.1, -0.05) is 12.1 Å². The van der Waals surface area contributed by atoms with Crippen LogP contribution in [0.3, 0.4) is 0 Å². The summed E-state index contributed by atoms with van der Waals surface area (Å²) < 4.78 is 18.7. The van der Waals surface area contributed by atoms with Crippen LogP contribution in [0.4, 0.5) is 4.39 Å². The van der Waals surface area contributed by atoms with Gasteiger partial charge in [0.2, 0.25) is 0 Å². The number of halogens is 1. The molecule has 0 spiro atoms. The lowest BCUT2D eigenvalue weighted by Gasteiger charge is -2.07. The van der Waals surface area contributed by atoms with Crippen LogP contribution in [0.2, 0.25) is 0 Å². The first-order valence-corrected chi connectivity index (χ1v) is 7.64. The maximum Gasteiger partial charge on any atom is 0.269 e. The van der Waals surface area contributed by atoms with Gasteiger partial charge in [0.15, 0.2) is 11.6 Å². The minimum atomic E-state index is -0.444. The van der Waals surface area contributed by atoms with Crippen molar-refractivity contribution >= 4 is 5.91 Å². The van der Waals surface area contributed by atoms with Gasteiger partial charge in [0, 0.05) is 5.56 Å². The van der Waals surface area contributed by atoms with Crippen LogP contribution in [0.25, 0.3) is 11.3 Å². The van der Waals surface area contributed by atoms with E-state index in [1.165, 1.54) is 12.1 Å². The van der Waals surface area contributed by atoms with Crippen LogP contribution < -0.4 is 10.1 Å². The summed E-state index contributed by atoms with van der Waals surface area (Å²) in [5.74, 6) is -0.476. The Hall–Kier alpha value is -3.35. The molecule has 1 heterocycles. The summed E-state index contributed by atoms with van der Waals surface area (Å²) in [4.78, 5) is 12.1. The van der Waals surface area contributed by atoms with E-state index in [1.54, 1.807) is 42.5 Å². The molecule has 2 aromatic carbocycles. The molecule has 0 bridgehead atoms. The Morgan fingerprint density at radius 2 is 1.96 bits per heavy atom. The maximum absolute atomic E-state index is 13.4. The number of aromatic amines is 1.